The minimum absolute atomic E-state index is 0.246. The average Bonchev–Trinajstić information content (AvgIpc) is 2.27. The van der Waals surface area contributed by atoms with Gasteiger partial charge >= 0.3 is 5.97 Å². The molecule has 1 atom stereocenters. The summed E-state index contributed by atoms with van der Waals surface area (Å²) >= 11 is 4.64. The summed E-state index contributed by atoms with van der Waals surface area (Å²) in [6.45, 7) is 1.91. The second-order valence-corrected chi connectivity index (χ2v) is 5.27. The third-order valence-corrected chi connectivity index (χ3v) is 3.91. The van der Waals surface area contributed by atoms with Gasteiger partial charge in [-0.05, 0) is 40.5 Å². The molecule has 0 saturated heterocycles. The van der Waals surface area contributed by atoms with E-state index in [0.717, 1.165) is 4.90 Å². The molecular formula is C11H13BrO3S. The number of carboxylic acid groups (broad SMARTS) is 1. The Morgan fingerprint density at radius 3 is 2.81 bits per heavy atom. The molecule has 0 spiro atoms. The third kappa shape index (κ3) is 3.81. The highest BCUT2D eigenvalue weighted by atomic mass is 79.9. The highest BCUT2D eigenvalue weighted by Crippen LogP contribution is 2.25. The number of benzene rings is 1. The molecular weight excluding hydrogens is 292 g/mol. The monoisotopic (exact) mass is 304 g/mol. The molecule has 16 heavy (non-hydrogen) atoms. The molecule has 0 aromatic heterocycles. The minimum Gasteiger partial charge on any atom is -0.478 e. The first-order chi connectivity index (χ1) is 7.54. The van der Waals surface area contributed by atoms with Crippen molar-refractivity contribution in [2.45, 2.75) is 24.3 Å². The van der Waals surface area contributed by atoms with Crippen molar-refractivity contribution in [3.8, 4) is 0 Å². The van der Waals surface area contributed by atoms with Crippen molar-refractivity contribution in [2.24, 2.45) is 0 Å². The topological polar surface area (TPSA) is 57.5 Å². The Labute approximate surface area is 107 Å². The lowest BCUT2D eigenvalue weighted by Crippen LogP contribution is -2.07. The van der Waals surface area contributed by atoms with Crippen LogP contribution in [0.1, 0.15) is 23.7 Å². The van der Waals surface area contributed by atoms with Gasteiger partial charge in [0.15, 0.2) is 0 Å². The molecule has 0 amide bonds. The van der Waals surface area contributed by atoms with Crippen LogP contribution in [-0.4, -0.2) is 28.0 Å². The number of thioether (sulfide) groups is 1. The molecule has 88 valence electrons. The third-order valence-electron chi connectivity index (χ3n) is 2.08. The molecule has 0 heterocycles. The molecule has 0 saturated carbocycles. The van der Waals surface area contributed by atoms with E-state index in [9.17, 15) is 9.90 Å². The number of aromatic carboxylic acids is 1. The molecule has 0 aliphatic rings. The van der Waals surface area contributed by atoms with Crippen LogP contribution in [0.4, 0.5) is 0 Å². The van der Waals surface area contributed by atoms with Gasteiger partial charge in [-0.15, -0.1) is 11.8 Å². The normalized spacial score (nSPS) is 12.4. The Kier molecular flexibility index (Phi) is 5.31. The Balaban J connectivity index is 2.75. The van der Waals surface area contributed by atoms with E-state index in [-0.39, 0.29) is 11.7 Å². The van der Waals surface area contributed by atoms with E-state index in [2.05, 4.69) is 15.9 Å². The van der Waals surface area contributed by atoms with Gasteiger partial charge in [0.1, 0.15) is 0 Å². The Hall–Kier alpha value is -0.520. The number of rotatable bonds is 5. The largest absolute Gasteiger partial charge is 0.478 e. The molecule has 1 aromatic rings. The number of hydrogen-bond donors (Lipinski definition) is 2. The predicted octanol–water partition coefficient (Wildman–Crippen LogP) is 3.01. The first-order valence-electron chi connectivity index (χ1n) is 4.88. The lowest BCUT2D eigenvalue weighted by Gasteiger charge is -2.08. The first-order valence-corrected chi connectivity index (χ1v) is 6.66. The molecule has 3 nitrogen and oxygen atoms in total. The van der Waals surface area contributed by atoms with Gasteiger partial charge in [-0.3, -0.25) is 0 Å². The summed E-state index contributed by atoms with van der Waals surface area (Å²) in [5, 5.41) is 18.3. The minimum atomic E-state index is -0.953. The number of hydrogen-bond acceptors (Lipinski definition) is 3. The van der Waals surface area contributed by atoms with Crippen molar-refractivity contribution in [1.82, 2.24) is 0 Å². The van der Waals surface area contributed by atoms with Crippen LogP contribution in [0.15, 0.2) is 27.6 Å². The number of halogens is 1. The van der Waals surface area contributed by atoms with Gasteiger partial charge in [0.25, 0.3) is 0 Å². The van der Waals surface area contributed by atoms with Crippen molar-refractivity contribution < 1.29 is 15.0 Å². The highest BCUT2D eigenvalue weighted by Gasteiger charge is 2.10. The quantitative estimate of drug-likeness (QED) is 0.821. The van der Waals surface area contributed by atoms with E-state index in [1.54, 1.807) is 12.1 Å². The number of carbonyl (C=O) groups is 1. The average molecular weight is 305 g/mol. The number of aliphatic hydroxyl groups excluding tert-OH is 1. The van der Waals surface area contributed by atoms with E-state index in [1.807, 2.05) is 13.0 Å². The van der Waals surface area contributed by atoms with Crippen LogP contribution in [-0.2, 0) is 0 Å². The van der Waals surface area contributed by atoms with Crippen LogP contribution in [0.3, 0.4) is 0 Å². The fraction of sp³-hybridized carbons (Fsp3) is 0.364. The lowest BCUT2D eigenvalue weighted by atomic mass is 10.2. The molecule has 0 aliphatic carbocycles. The van der Waals surface area contributed by atoms with Gasteiger partial charge in [-0.25, -0.2) is 4.79 Å². The maximum absolute atomic E-state index is 10.9. The van der Waals surface area contributed by atoms with Crippen LogP contribution >= 0.6 is 27.7 Å². The van der Waals surface area contributed by atoms with Crippen molar-refractivity contribution in [3.05, 3.63) is 28.2 Å². The van der Waals surface area contributed by atoms with E-state index < -0.39 is 5.97 Å². The van der Waals surface area contributed by atoms with Crippen molar-refractivity contribution in [3.63, 3.8) is 0 Å². The zero-order valence-electron chi connectivity index (χ0n) is 8.81. The van der Waals surface area contributed by atoms with Crippen molar-refractivity contribution >= 4 is 33.7 Å². The standard InChI is InChI=1S/C11H13BrO3S/c1-2-7(13)6-16-8-3-4-10(12)9(5-8)11(14)15/h3-5,7,13H,2,6H2,1H3,(H,14,15). The van der Waals surface area contributed by atoms with Gasteiger partial charge in [0.2, 0.25) is 0 Å². The zero-order chi connectivity index (χ0) is 12.1. The molecule has 0 radical (unpaired) electrons. The maximum atomic E-state index is 10.9. The van der Waals surface area contributed by atoms with E-state index in [1.165, 1.54) is 11.8 Å². The van der Waals surface area contributed by atoms with Crippen molar-refractivity contribution in [1.29, 1.82) is 0 Å². The van der Waals surface area contributed by atoms with Crippen LogP contribution in [0.25, 0.3) is 0 Å². The van der Waals surface area contributed by atoms with E-state index in [0.29, 0.717) is 16.6 Å². The zero-order valence-corrected chi connectivity index (χ0v) is 11.2. The van der Waals surface area contributed by atoms with Gasteiger partial charge in [0, 0.05) is 15.1 Å². The van der Waals surface area contributed by atoms with E-state index in [4.69, 9.17) is 5.11 Å². The molecule has 0 aliphatic heterocycles. The summed E-state index contributed by atoms with van der Waals surface area (Å²) in [6, 6.07) is 5.16. The lowest BCUT2D eigenvalue weighted by molar-refractivity contribution is 0.0695. The summed E-state index contributed by atoms with van der Waals surface area (Å²) in [7, 11) is 0. The smallest absolute Gasteiger partial charge is 0.336 e. The Bertz CT molecular complexity index is 381. The van der Waals surface area contributed by atoms with Crippen LogP contribution in [0.2, 0.25) is 0 Å². The van der Waals surface area contributed by atoms with E-state index >= 15 is 0 Å². The molecule has 5 heteroatoms. The Morgan fingerprint density at radius 2 is 2.25 bits per heavy atom. The summed E-state index contributed by atoms with van der Waals surface area (Å²) in [5.41, 5.74) is 0.246. The molecule has 1 aromatic carbocycles. The fourth-order valence-corrected chi connectivity index (χ4v) is 2.47. The molecule has 1 rings (SSSR count). The van der Waals surface area contributed by atoms with Crippen LogP contribution in [0, 0.1) is 0 Å². The highest BCUT2D eigenvalue weighted by molar-refractivity contribution is 9.10. The van der Waals surface area contributed by atoms with Crippen LogP contribution in [0.5, 0.6) is 0 Å². The predicted molar refractivity (Wildman–Crippen MR) is 68.1 cm³/mol. The van der Waals surface area contributed by atoms with Gasteiger partial charge in [-0.2, -0.15) is 0 Å². The van der Waals surface area contributed by atoms with Gasteiger partial charge < -0.3 is 10.2 Å². The fourth-order valence-electron chi connectivity index (χ4n) is 1.07. The first kappa shape index (κ1) is 13.5. The van der Waals surface area contributed by atoms with Crippen LogP contribution < -0.4 is 0 Å². The van der Waals surface area contributed by atoms with Crippen molar-refractivity contribution in [2.75, 3.05) is 5.75 Å². The maximum Gasteiger partial charge on any atom is 0.336 e. The summed E-state index contributed by atoms with van der Waals surface area (Å²) in [4.78, 5) is 11.7. The molecule has 0 bridgehead atoms. The summed E-state index contributed by atoms with van der Waals surface area (Å²) in [6.07, 6.45) is 0.358. The molecule has 2 N–H and O–H groups in total. The number of aliphatic hydroxyl groups is 1. The summed E-state index contributed by atoms with van der Waals surface area (Å²) in [5.74, 6) is -0.373. The van der Waals surface area contributed by atoms with Gasteiger partial charge in [-0.1, -0.05) is 6.92 Å². The van der Waals surface area contributed by atoms with Gasteiger partial charge in [0.05, 0.1) is 11.7 Å². The number of carboxylic acids is 1. The summed E-state index contributed by atoms with van der Waals surface area (Å²) < 4.78 is 0.570. The Morgan fingerprint density at radius 1 is 1.56 bits per heavy atom. The molecule has 1 unspecified atom stereocenters. The second-order valence-electron chi connectivity index (χ2n) is 3.32. The SMILES string of the molecule is CCC(O)CSc1ccc(Br)c(C(=O)O)c1. The molecule has 0 fully saturated rings. The second kappa shape index (κ2) is 6.27.